The number of amides is 2. The van der Waals surface area contributed by atoms with Crippen molar-refractivity contribution in [3.8, 4) is 0 Å². The molecule has 0 bridgehead atoms. The summed E-state index contributed by atoms with van der Waals surface area (Å²) < 4.78 is 6.49. The number of fused-ring (bicyclic) bond motifs is 1. The van der Waals surface area contributed by atoms with Gasteiger partial charge >= 0.3 is 5.97 Å². The maximum atomic E-state index is 13.8. The molecule has 0 saturated heterocycles. The molecule has 1 aliphatic carbocycles. The Labute approximate surface area is 204 Å². The Bertz CT molecular complexity index is 1110. The van der Waals surface area contributed by atoms with Crippen molar-refractivity contribution in [1.29, 1.82) is 0 Å². The van der Waals surface area contributed by atoms with Gasteiger partial charge in [-0.3, -0.25) is 19.2 Å². The van der Waals surface area contributed by atoms with Crippen LogP contribution < -0.4 is 10.2 Å². The van der Waals surface area contributed by atoms with Crippen LogP contribution in [-0.2, 0) is 16.1 Å². The summed E-state index contributed by atoms with van der Waals surface area (Å²) in [6, 6.07) is 6.80. The molecule has 2 aromatic rings. The van der Waals surface area contributed by atoms with Crippen molar-refractivity contribution in [2.24, 2.45) is 0 Å². The zero-order chi connectivity index (χ0) is 24.5. The molecule has 1 fully saturated rings. The largest absolute Gasteiger partial charge is 0.461 e. The van der Waals surface area contributed by atoms with Crippen LogP contribution in [0, 0.1) is 6.92 Å². The molecule has 0 unspecified atom stereocenters. The molecular weight excluding hydrogens is 456 g/mol. The third-order valence-electron chi connectivity index (χ3n) is 6.73. The zero-order valence-corrected chi connectivity index (χ0v) is 20.7. The van der Waals surface area contributed by atoms with Gasteiger partial charge in [-0.2, -0.15) is 5.10 Å². The number of carbonyl (C=O) groups is 3. The molecule has 2 amide bonds. The molecule has 34 heavy (non-hydrogen) atoms. The SMILES string of the molecule is CCOC(=O)c1cc2n(n1)C[C@](C)(C(=O)NC1CCCCCC1)N(c1ccc(C)c(Cl)c1)C2=O. The van der Waals surface area contributed by atoms with Crippen molar-refractivity contribution in [2.45, 2.75) is 77.4 Å². The highest BCUT2D eigenvalue weighted by Crippen LogP contribution is 2.35. The van der Waals surface area contributed by atoms with E-state index in [1.807, 2.05) is 13.0 Å². The summed E-state index contributed by atoms with van der Waals surface area (Å²) >= 11 is 6.39. The van der Waals surface area contributed by atoms with E-state index in [9.17, 15) is 14.4 Å². The number of esters is 1. The number of aryl methyl sites for hydroxylation is 1. The van der Waals surface area contributed by atoms with Gasteiger partial charge in [0.25, 0.3) is 5.91 Å². The number of nitrogens with zero attached hydrogens (tertiary/aromatic N) is 3. The van der Waals surface area contributed by atoms with E-state index in [-0.39, 0.29) is 36.5 Å². The fourth-order valence-corrected chi connectivity index (χ4v) is 4.95. The van der Waals surface area contributed by atoms with E-state index in [2.05, 4.69) is 10.4 Å². The molecule has 1 aromatic heterocycles. The van der Waals surface area contributed by atoms with E-state index in [1.165, 1.54) is 28.5 Å². The van der Waals surface area contributed by atoms with Crippen LogP contribution in [0.3, 0.4) is 0 Å². The summed E-state index contributed by atoms with van der Waals surface area (Å²) in [5.41, 5.74) is 0.380. The molecule has 1 saturated carbocycles. The van der Waals surface area contributed by atoms with Crippen LogP contribution in [-0.4, -0.2) is 45.8 Å². The van der Waals surface area contributed by atoms with Gasteiger partial charge in [-0.05, 0) is 51.3 Å². The minimum atomic E-state index is -1.27. The minimum Gasteiger partial charge on any atom is -0.461 e. The molecule has 1 aromatic carbocycles. The average Bonchev–Trinajstić information content (AvgIpc) is 3.05. The molecule has 0 radical (unpaired) electrons. The Balaban J connectivity index is 1.75. The number of rotatable bonds is 5. The van der Waals surface area contributed by atoms with Gasteiger partial charge in [0.05, 0.1) is 13.2 Å². The van der Waals surface area contributed by atoms with Crippen LogP contribution in [0.2, 0.25) is 5.02 Å². The molecule has 1 aliphatic heterocycles. The Morgan fingerprint density at radius 1 is 1.21 bits per heavy atom. The summed E-state index contributed by atoms with van der Waals surface area (Å²) in [7, 11) is 0. The molecule has 1 atom stereocenters. The van der Waals surface area contributed by atoms with Crippen LogP contribution in [0.25, 0.3) is 0 Å². The second kappa shape index (κ2) is 9.78. The van der Waals surface area contributed by atoms with Gasteiger partial charge < -0.3 is 10.1 Å². The lowest BCUT2D eigenvalue weighted by molar-refractivity contribution is -0.127. The summed E-state index contributed by atoms with van der Waals surface area (Å²) in [4.78, 5) is 41.3. The molecule has 4 rings (SSSR count). The van der Waals surface area contributed by atoms with Gasteiger partial charge in [0.15, 0.2) is 5.69 Å². The van der Waals surface area contributed by atoms with Crippen molar-refractivity contribution in [3.63, 3.8) is 0 Å². The number of ether oxygens (including phenoxy) is 1. The lowest BCUT2D eigenvalue weighted by atomic mass is 9.93. The summed E-state index contributed by atoms with van der Waals surface area (Å²) in [5.74, 6) is -1.28. The number of carbonyl (C=O) groups excluding carboxylic acids is 3. The first-order valence-electron chi connectivity index (χ1n) is 11.9. The van der Waals surface area contributed by atoms with E-state index in [1.54, 1.807) is 26.0 Å². The number of anilines is 1. The van der Waals surface area contributed by atoms with Crippen molar-refractivity contribution in [1.82, 2.24) is 15.1 Å². The smallest absolute Gasteiger partial charge is 0.358 e. The van der Waals surface area contributed by atoms with Crippen molar-refractivity contribution >= 4 is 35.1 Å². The predicted octanol–water partition coefficient (Wildman–Crippen LogP) is 4.28. The zero-order valence-electron chi connectivity index (χ0n) is 19.9. The lowest BCUT2D eigenvalue weighted by Gasteiger charge is -2.43. The number of benzene rings is 1. The number of aromatic nitrogens is 2. The Morgan fingerprint density at radius 2 is 1.91 bits per heavy atom. The molecule has 2 heterocycles. The maximum absolute atomic E-state index is 13.8. The highest BCUT2D eigenvalue weighted by Gasteiger charge is 2.49. The monoisotopic (exact) mass is 486 g/mol. The number of nitrogens with one attached hydrogen (secondary N) is 1. The normalized spacial score (nSPS) is 21.1. The van der Waals surface area contributed by atoms with E-state index in [0.29, 0.717) is 10.7 Å². The van der Waals surface area contributed by atoms with Crippen LogP contribution in [0.1, 0.15) is 78.9 Å². The molecule has 1 N–H and O–H groups in total. The molecule has 8 nitrogen and oxygen atoms in total. The fourth-order valence-electron chi connectivity index (χ4n) is 4.78. The third kappa shape index (κ3) is 4.56. The first-order chi connectivity index (χ1) is 16.2. The highest BCUT2D eigenvalue weighted by molar-refractivity contribution is 6.31. The highest BCUT2D eigenvalue weighted by atomic mass is 35.5. The molecular formula is C25H31ClN4O4. The second-order valence-corrected chi connectivity index (χ2v) is 9.71. The van der Waals surface area contributed by atoms with Crippen LogP contribution >= 0.6 is 11.6 Å². The van der Waals surface area contributed by atoms with Crippen LogP contribution in [0.5, 0.6) is 0 Å². The molecule has 0 spiro atoms. The average molecular weight is 487 g/mol. The molecule has 9 heteroatoms. The minimum absolute atomic E-state index is 0.0421. The van der Waals surface area contributed by atoms with Crippen molar-refractivity contribution in [3.05, 3.63) is 46.2 Å². The topological polar surface area (TPSA) is 93.5 Å². The standard InChI is InChI=1S/C25H31ClN4O4/c1-4-34-23(32)20-14-21-22(31)30(18-12-11-16(2)19(26)13-18)25(3,15-29(21)28-20)24(33)27-17-9-7-5-6-8-10-17/h11-14,17H,4-10,15H2,1-3H3,(H,27,33)/t25-/m1/s1. The lowest BCUT2D eigenvalue weighted by Crippen LogP contribution is -2.65. The first kappa shape index (κ1) is 24.3. The van der Waals surface area contributed by atoms with Crippen molar-refractivity contribution < 1.29 is 19.1 Å². The maximum Gasteiger partial charge on any atom is 0.358 e. The van der Waals surface area contributed by atoms with Gasteiger partial charge in [-0.15, -0.1) is 0 Å². The van der Waals surface area contributed by atoms with E-state index in [0.717, 1.165) is 31.2 Å². The van der Waals surface area contributed by atoms with Gasteiger partial charge in [0.2, 0.25) is 5.91 Å². The summed E-state index contributed by atoms with van der Waals surface area (Å²) in [6.45, 7) is 5.61. The third-order valence-corrected chi connectivity index (χ3v) is 7.14. The van der Waals surface area contributed by atoms with E-state index < -0.39 is 17.4 Å². The summed E-state index contributed by atoms with van der Waals surface area (Å²) in [6.07, 6.45) is 6.33. The van der Waals surface area contributed by atoms with E-state index >= 15 is 0 Å². The van der Waals surface area contributed by atoms with Crippen LogP contribution in [0.4, 0.5) is 5.69 Å². The number of halogens is 1. The quantitative estimate of drug-likeness (QED) is 0.503. The van der Waals surface area contributed by atoms with Gasteiger partial charge in [0, 0.05) is 22.8 Å². The van der Waals surface area contributed by atoms with Crippen LogP contribution in [0.15, 0.2) is 24.3 Å². The Kier molecular flexibility index (Phi) is 6.98. The molecule has 2 aliphatic rings. The fraction of sp³-hybridized carbons (Fsp3) is 0.520. The first-order valence-corrected chi connectivity index (χ1v) is 12.3. The van der Waals surface area contributed by atoms with Crippen molar-refractivity contribution in [2.75, 3.05) is 11.5 Å². The molecule has 182 valence electrons. The van der Waals surface area contributed by atoms with Gasteiger partial charge in [0.1, 0.15) is 11.2 Å². The van der Waals surface area contributed by atoms with E-state index in [4.69, 9.17) is 16.3 Å². The second-order valence-electron chi connectivity index (χ2n) is 9.30. The predicted molar refractivity (Wildman–Crippen MR) is 129 cm³/mol. The Morgan fingerprint density at radius 3 is 2.56 bits per heavy atom. The van der Waals surface area contributed by atoms with Gasteiger partial charge in [-0.1, -0.05) is 43.4 Å². The number of hydrogen-bond acceptors (Lipinski definition) is 5. The Hall–Kier alpha value is -2.87. The van der Waals surface area contributed by atoms with Gasteiger partial charge in [-0.25, -0.2) is 4.79 Å². The summed E-state index contributed by atoms with van der Waals surface area (Å²) in [5, 5.41) is 8.01. The number of hydrogen-bond donors (Lipinski definition) is 1.